The van der Waals surface area contributed by atoms with Gasteiger partial charge in [0.05, 0.1) is 6.26 Å². The lowest BCUT2D eigenvalue weighted by atomic mass is 10.1. The molecule has 2 aromatic carbocycles. The van der Waals surface area contributed by atoms with Crippen LogP contribution >= 0.6 is 11.8 Å². The summed E-state index contributed by atoms with van der Waals surface area (Å²) in [6, 6.07) is 19.2. The number of amides is 2. The summed E-state index contributed by atoms with van der Waals surface area (Å²) in [4.78, 5) is 35.3. The maximum absolute atomic E-state index is 12.9. The van der Waals surface area contributed by atoms with Gasteiger partial charge in [0, 0.05) is 54.8 Å². The van der Waals surface area contributed by atoms with E-state index in [1.54, 1.807) is 35.0 Å². The van der Waals surface area contributed by atoms with Gasteiger partial charge in [0.25, 0.3) is 11.8 Å². The van der Waals surface area contributed by atoms with E-state index < -0.39 is 0 Å². The molecule has 35 heavy (non-hydrogen) atoms. The van der Waals surface area contributed by atoms with Crippen molar-refractivity contribution in [3.63, 3.8) is 0 Å². The van der Waals surface area contributed by atoms with Crippen LogP contribution in [0.5, 0.6) is 0 Å². The second-order valence-corrected chi connectivity index (χ2v) is 9.24. The van der Waals surface area contributed by atoms with E-state index in [9.17, 15) is 9.59 Å². The van der Waals surface area contributed by atoms with Gasteiger partial charge in [-0.15, -0.1) is 11.8 Å². The van der Waals surface area contributed by atoms with Gasteiger partial charge in [-0.25, -0.2) is 4.98 Å². The van der Waals surface area contributed by atoms with Crippen molar-refractivity contribution < 1.29 is 14.0 Å². The van der Waals surface area contributed by atoms with Crippen molar-refractivity contribution >= 4 is 40.2 Å². The Kier molecular flexibility index (Phi) is 6.72. The van der Waals surface area contributed by atoms with Crippen LogP contribution in [0.4, 0.5) is 5.82 Å². The fraction of sp³-hybridized carbons (Fsp3) is 0.222. The first-order valence-corrected chi connectivity index (χ1v) is 12.7. The van der Waals surface area contributed by atoms with Crippen molar-refractivity contribution in [3.8, 4) is 0 Å². The fourth-order valence-electron chi connectivity index (χ4n) is 4.25. The Morgan fingerprint density at radius 1 is 1.03 bits per heavy atom. The molecule has 1 aliphatic heterocycles. The standard InChI is InChI=1S/C27H26N4O3S/c1-35-22-8-4-19(5-9-22)18-29-26(32)21-7-6-20-10-11-28-25(23(20)17-21)30-12-14-31(15-13-30)27(33)24-3-2-16-34-24/h2-11,16-17H,12-15,18H2,1H3,(H,29,32). The van der Waals surface area contributed by atoms with E-state index in [1.165, 1.54) is 11.2 Å². The van der Waals surface area contributed by atoms with Gasteiger partial charge in [0.1, 0.15) is 5.82 Å². The first-order chi connectivity index (χ1) is 17.1. The summed E-state index contributed by atoms with van der Waals surface area (Å²) in [5.74, 6) is 0.972. The lowest BCUT2D eigenvalue weighted by Gasteiger charge is -2.35. The largest absolute Gasteiger partial charge is 0.459 e. The van der Waals surface area contributed by atoms with Crippen molar-refractivity contribution in [1.29, 1.82) is 0 Å². The van der Waals surface area contributed by atoms with Crippen LogP contribution in [0.15, 0.2) is 82.4 Å². The summed E-state index contributed by atoms with van der Waals surface area (Å²) in [5, 5.41) is 4.96. The number of hydrogen-bond acceptors (Lipinski definition) is 6. The average Bonchev–Trinajstić information content (AvgIpc) is 3.46. The van der Waals surface area contributed by atoms with Gasteiger partial charge >= 0.3 is 0 Å². The molecule has 4 aromatic rings. The number of aromatic nitrogens is 1. The van der Waals surface area contributed by atoms with E-state index in [0.717, 1.165) is 22.2 Å². The number of carbonyl (C=O) groups is 2. The molecule has 5 rings (SSSR count). The first kappa shape index (κ1) is 23.0. The number of hydrogen-bond donors (Lipinski definition) is 1. The summed E-state index contributed by atoms with van der Waals surface area (Å²) < 4.78 is 5.26. The summed E-state index contributed by atoms with van der Waals surface area (Å²) in [5.41, 5.74) is 1.65. The molecule has 0 atom stereocenters. The molecule has 8 heteroatoms. The molecule has 0 spiro atoms. The van der Waals surface area contributed by atoms with Crippen molar-refractivity contribution in [2.45, 2.75) is 11.4 Å². The van der Waals surface area contributed by atoms with Gasteiger partial charge in [-0.3, -0.25) is 9.59 Å². The van der Waals surface area contributed by atoms with Crippen LogP contribution in [0, 0.1) is 0 Å². The fourth-order valence-corrected chi connectivity index (χ4v) is 4.66. The number of benzene rings is 2. The smallest absolute Gasteiger partial charge is 0.289 e. The van der Waals surface area contributed by atoms with Crippen LogP contribution in [-0.4, -0.2) is 54.1 Å². The Hall–Kier alpha value is -3.78. The molecule has 0 radical (unpaired) electrons. The molecular formula is C27H26N4O3S. The van der Waals surface area contributed by atoms with Crippen LogP contribution < -0.4 is 10.2 Å². The number of nitrogens with zero attached hydrogens (tertiary/aromatic N) is 3. The quantitative estimate of drug-likeness (QED) is 0.406. The molecule has 1 saturated heterocycles. The zero-order valence-electron chi connectivity index (χ0n) is 19.4. The second-order valence-electron chi connectivity index (χ2n) is 8.36. The zero-order chi connectivity index (χ0) is 24.2. The number of thioether (sulfide) groups is 1. The minimum atomic E-state index is -0.121. The SMILES string of the molecule is CSc1ccc(CNC(=O)c2ccc3ccnc(N4CCN(C(=O)c5ccco5)CC4)c3c2)cc1. The molecular weight excluding hydrogens is 460 g/mol. The predicted octanol–water partition coefficient (Wildman–Crippen LogP) is 4.44. The number of nitrogens with one attached hydrogen (secondary N) is 1. The van der Waals surface area contributed by atoms with Gasteiger partial charge in [-0.2, -0.15) is 0 Å². The second kappa shape index (κ2) is 10.2. The number of pyridine rings is 1. The lowest BCUT2D eigenvalue weighted by molar-refractivity contribution is 0.0714. The Morgan fingerprint density at radius 2 is 1.83 bits per heavy atom. The highest BCUT2D eigenvalue weighted by atomic mass is 32.2. The molecule has 7 nitrogen and oxygen atoms in total. The lowest BCUT2D eigenvalue weighted by Crippen LogP contribution is -2.49. The van der Waals surface area contributed by atoms with Gasteiger partial charge in [-0.1, -0.05) is 18.2 Å². The van der Waals surface area contributed by atoms with Gasteiger partial charge in [0.2, 0.25) is 0 Å². The molecule has 0 saturated carbocycles. The first-order valence-electron chi connectivity index (χ1n) is 11.5. The van der Waals surface area contributed by atoms with Crippen molar-refractivity contribution in [3.05, 3.63) is 90.0 Å². The number of carbonyl (C=O) groups excluding carboxylic acids is 2. The highest BCUT2D eigenvalue weighted by Crippen LogP contribution is 2.27. The topological polar surface area (TPSA) is 78.7 Å². The van der Waals surface area contributed by atoms with E-state index in [0.29, 0.717) is 44.0 Å². The molecule has 1 N–H and O–H groups in total. The highest BCUT2D eigenvalue weighted by Gasteiger charge is 2.25. The summed E-state index contributed by atoms with van der Waals surface area (Å²) >= 11 is 1.69. The third-order valence-electron chi connectivity index (χ3n) is 6.22. The molecule has 178 valence electrons. The van der Waals surface area contributed by atoms with Crippen LogP contribution in [0.3, 0.4) is 0 Å². The number of anilines is 1. The van der Waals surface area contributed by atoms with Crippen LogP contribution in [0.2, 0.25) is 0 Å². The predicted molar refractivity (Wildman–Crippen MR) is 138 cm³/mol. The van der Waals surface area contributed by atoms with Gasteiger partial charge in [-0.05, 0) is 59.7 Å². The molecule has 2 aromatic heterocycles. The van der Waals surface area contributed by atoms with Crippen molar-refractivity contribution in [2.24, 2.45) is 0 Å². The van der Waals surface area contributed by atoms with E-state index in [1.807, 2.05) is 42.7 Å². The molecule has 0 bridgehead atoms. The Morgan fingerprint density at radius 3 is 2.54 bits per heavy atom. The van der Waals surface area contributed by atoms with Gasteiger partial charge < -0.3 is 19.5 Å². The Bertz CT molecular complexity index is 1330. The monoisotopic (exact) mass is 486 g/mol. The van der Waals surface area contributed by atoms with E-state index in [-0.39, 0.29) is 11.8 Å². The van der Waals surface area contributed by atoms with Crippen LogP contribution in [0.25, 0.3) is 10.8 Å². The maximum atomic E-state index is 12.9. The molecule has 2 amide bonds. The zero-order valence-corrected chi connectivity index (χ0v) is 20.3. The van der Waals surface area contributed by atoms with Crippen molar-refractivity contribution in [1.82, 2.24) is 15.2 Å². The number of furan rings is 1. The summed E-state index contributed by atoms with van der Waals surface area (Å²) in [6.07, 6.45) is 5.34. The number of rotatable bonds is 6. The molecule has 1 aliphatic rings. The normalized spacial score (nSPS) is 13.7. The number of piperazine rings is 1. The Labute approximate surface area is 208 Å². The van der Waals surface area contributed by atoms with Gasteiger partial charge in [0.15, 0.2) is 5.76 Å². The average molecular weight is 487 g/mol. The van der Waals surface area contributed by atoms with Crippen molar-refractivity contribution in [2.75, 3.05) is 37.3 Å². The van der Waals surface area contributed by atoms with E-state index in [2.05, 4.69) is 27.3 Å². The number of fused-ring (bicyclic) bond motifs is 1. The molecule has 3 heterocycles. The molecule has 0 aliphatic carbocycles. The minimum Gasteiger partial charge on any atom is -0.459 e. The summed E-state index contributed by atoms with van der Waals surface area (Å²) in [7, 11) is 0. The van der Waals surface area contributed by atoms with Crippen LogP contribution in [0.1, 0.15) is 26.5 Å². The molecule has 0 unspecified atom stereocenters. The Balaban J connectivity index is 1.29. The third kappa shape index (κ3) is 5.02. The maximum Gasteiger partial charge on any atom is 0.289 e. The van der Waals surface area contributed by atoms with E-state index in [4.69, 9.17) is 4.42 Å². The summed E-state index contributed by atoms with van der Waals surface area (Å²) in [6.45, 7) is 2.93. The van der Waals surface area contributed by atoms with E-state index >= 15 is 0 Å². The highest BCUT2D eigenvalue weighted by molar-refractivity contribution is 7.98. The molecule has 1 fully saturated rings. The van der Waals surface area contributed by atoms with Crippen LogP contribution in [-0.2, 0) is 6.54 Å². The third-order valence-corrected chi connectivity index (χ3v) is 6.96. The minimum absolute atomic E-state index is 0.0948.